The van der Waals surface area contributed by atoms with Crippen LogP contribution in [0.3, 0.4) is 0 Å². The van der Waals surface area contributed by atoms with Crippen molar-refractivity contribution in [1.82, 2.24) is 4.98 Å². The summed E-state index contributed by atoms with van der Waals surface area (Å²) in [6, 6.07) is 4.20. The van der Waals surface area contributed by atoms with Crippen molar-refractivity contribution in [1.29, 1.82) is 0 Å². The van der Waals surface area contributed by atoms with Gasteiger partial charge in [-0.05, 0) is 11.6 Å². The Balaban J connectivity index is 2.94. The first kappa shape index (κ1) is 11.5. The number of hydrogen-bond donors (Lipinski definition) is 0. The predicted octanol–water partition coefficient (Wildman–Crippen LogP) is 2.82. The summed E-state index contributed by atoms with van der Waals surface area (Å²) in [5.74, 6) is 0.999. The average molecular weight is 257 g/mol. The van der Waals surface area contributed by atoms with Gasteiger partial charge in [-0.2, -0.15) is 0 Å². The van der Waals surface area contributed by atoms with Gasteiger partial charge in [0.05, 0.1) is 0 Å². The third-order valence-electron chi connectivity index (χ3n) is 2.32. The monoisotopic (exact) mass is 256 g/mol. The van der Waals surface area contributed by atoms with Crippen LogP contribution >= 0.6 is 15.9 Å². The molecular weight excluding hydrogens is 240 g/mol. The van der Waals surface area contributed by atoms with Crippen LogP contribution in [0.15, 0.2) is 18.3 Å². The largest absolute Gasteiger partial charge is 0.363 e. The quantitative estimate of drug-likeness (QED) is 0.774. The van der Waals surface area contributed by atoms with Gasteiger partial charge in [0.25, 0.3) is 0 Å². The van der Waals surface area contributed by atoms with Crippen LogP contribution in [0.5, 0.6) is 0 Å². The summed E-state index contributed by atoms with van der Waals surface area (Å²) >= 11 is 3.52. The van der Waals surface area contributed by atoms with Gasteiger partial charge in [-0.25, -0.2) is 4.98 Å². The standard InChI is InChI=1S/C11H17BrN2/c1-11(2,8-12)9-5-6-10(13-7-9)14(3)4/h5-7H,8H2,1-4H3. The van der Waals surface area contributed by atoms with Crippen molar-refractivity contribution in [3.8, 4) is 0 Å². The van der Waals surface area contributed by atoms with E-state index in [9.17, 15) is 0 Å². The molecule has 0 saturated heterocycles. The highest BCUT2D eigenvalue weighted by molar-refractivity contribution is 9.09. The molecule has 0 spiro atoms. The normalized spacial score (nSPS) is 11.5. The molecule has 0 N–H and O–H groups in total. The number of nitrogens with zero attached hydrogens (tertiary/aromatic N) is 2. The second kappa shape index (κ2) is 4.30. The number of anilines is 1. The topological polar surface area (TPSA) is 16.1 Å². The van der Waals surface area contributed by atoms with Crippen molar-refractivity contribution in [3.05, 3.63) is 23.9 Å². The molecule has 0 amide bonds. The van der Waals surface area contributed by atoms with Gasteiger partial charge in [0.2, 0.25) is 0 Å². The molecule has 0 fully saturated rings. The molecule has 14 heavy (non-hydrogen) atoms. The fourth-order valence-corrected chi connectivity index (χ4v) is 1.45. The minimum Gasteiger partial charge on any atom is -0.363 e. The summed E-state index contributed by atoms with van der Waals surface area (Å²) in [5.41, 5.74) is 1.41. The number of alkyl halides is 1. The molecule has 0 unspecified atom stereocenters. The Bertz CT molecular complexity index is 291. The zero-order valence-electron chi connectivity index (χ0n) is 9.21. The first-order valence-electron chi connectivity index (χ1n) is 4.67. The van der Waals surface area contributed by atoms with E-state index in [1.807, 2.05) is 25.2 Å². The van der Waals surface area contributed by atoms with E-state index < -0.39 is 0 Å². The molecule has 0 bridgehead atoms. The van der Waals surface area contributed by atoms with Crippen molar-refractivity contribution < 1.29 is 0 Å². The van der Waals surface area contributed by atoms with Gasteiger partial charge < -0.3 is 4.90 Å². The van der Waals surface area contributed by atoms with Crippen molar-refractivity contribution in [2.45, 2.75) is 19.3 Å². The van der Waals surface area contributed by atoms with Crippen LogP contribution in [0.25, 0.3) is 0 Å². The molecule has 0 aliphatic carbocycles. The minimum absolute atomic E-state index is 0.151. The Hall–Kier alpha value is -0.570. The molecule has 1 heterocycles. The second-order valence-electron chi connectivity index (χ2n) is 4.32. The summed E-state index contributed by atoms with van der Waals surface area (Å²) in [6.45, 7) is 4.40. The molecule has 0 aliphatic rings. The molecule has 0 atom stereocenters. The first-order chi connectivity index (χ1) is 6.47. The lowest BCUT2D eigenvalue weighted by molar-refractivity contribution is 0.603. The van der Waals surface area contributed by atoms with E-state index in [-0.39, 0.29) is 5.41 Å². The van der Waals surface area contributed by atoms with Crippen LogP contribution in [0.4, 0.5) is 5.82 Å². The van der Waals surface area contributed by atoms with Crippen molar-refractivity contribution in [3.63, 3.8) is 0 Å². The highest BCUT2D eigenvalue weighted by atomic mass is 79.9. The molecule has 0 saturated carbocycles. The SMILES string of the molecule is CN(C)c1ccc(C(C)(C)CBr)cn1. The highest BCUT2D eigenvalue weighted by Gasteiger charge is 2.19. The number of pyridine rings is 1. The third-order valence-corrected chi connectivity index (χ3v) is 3.72. The van der Waals surface area contributed by atoms with Gasteiger partial charge in [0, 0.05) is 31.0 Å². The number of hydrogen-bond acceptors (Lipinski definition) is 2. The van der Waals surface area contributed by atoms with Crippen LogP contribution in [0.2, 0.25) is 0 Å². The zero-order valence-corrected chi connectivity index (χ0v) is 10.8. The van der Waals surface area contributed by atoms with Gasteiger partial charge in [0.1, 0.15) is 5.82 Å². The number of aromatic nitrogens is 1. The Morgan fingerprint density at radius 1 is 1.36 bits per heavy atom. The van der Waals surface area contributed by atoms with Crippen LogP contribution < -0.4 is 4.90 Å². The Morgan fingerprint density at radius 2 is 2.00 bits per heavy atom. The number of halogens is 1. The summed E-state index contributed by atoms with van der Waals surface area (Å²) in [4.78, 5) is 6.40. The summed E-state index contributed by atoms with van der Waals surface area (Å²) in [6.07, 6.45) is 1.95. The molecule has 2 nitrogen and oxygen atoms in total. The van der Waals surface area contributed by atoms with E-state index >= 15 is 0 Å². The Labute approximate surface area is 94.5 Å². The molecular formula is C11H17BrN2. The predicted molar refractivity (Wildman–Crippen MR) is 65.4 cm³/mol. The summed E-state index contributed by atoms with van der Waals surface area (Å²) < 4.78 is 0. The minimum atomic E-state index is 0.151. The average Bonchev–Trinajstić information content (AvgIpc) is 2.18. The maximum absolute atomic E-state index is 4.40. The third kappa shape index (κ3) is 2.47. The number of rotatable bonds is 3. The molecule has 1 rings (SSSR count). The van der Waals surface area contributed by atoms with Gasteiger partial charge in [0.15, 0.2) is 0 Å². The molecule has 1 aromatic rings. The van der Waals surface area contributed by atoms with Crippen LogP contribution in [0, 0.1) is 0 Å². The lowest BCUT2D eigenvalue weighted by Gasteiger charge is -2.22. The van der Waals surface area contributed by atoms with Crippen molar-refractivity contribution in [2.24, 2.45) is 0 Å². The van der Waals surface area contributed by atoms with Crippen molar-refractivity contribution in [2.75, 3.05) is 24.3 Å². The molecule has 1 aromatic heterocycles. The van der Waals surface area contributed by atoms with Crippen LogP contribution in [-0.4, -0.2) is 24.4 Å². The smallest absolute Gasteiger partial charge is 0.127 e. The molecule has 78 valence electrons. The fourth-order valence-electron chi connectivity index (χ4n) is 1.13. The summed E-state index contributed by atoms with van der Waals surface area (Å²) in [7, 11) is 4.00. The lowest BCUT2D eigenvalue weighted by Crippen LogP contribution is -2.19. The van der Waals surface area contributed by atoms with E-state index in [0.29, 0.717) is 0 Å². The second-order valence-corrected chi connectivity index (χ2v) is 4.88. The molecule has 0 aromatic carbocycles. The maximum atomic E-state index is 4.40. The molecule has 0 aliphatic heterocycles. The lowest BCUT2D eigenvalue weighted by atomic mass is 9.88. The van der Waals surface area contributed by atoms with Gasteiger partial charge in [-0.1, -0.05) is 35.8 Å². The van der Waals surface area contributed by atoms with Crippen LogP contribution in [-0.2, 0) is 5.41 Å². The Morgan fingerprint density at radius 3 is 2.36 bits per heavy atom. The van der Waals surface area contributed by atoms with Gasteiger partial charge in [-0.3, -0.25) is 0 Å². The fraction of sp³-hybridized carbons (Fsp3) is 0.545. The molecule has 0 radical (unpaired) electrons. The van der Waals surface area contributed by atoms with Crippen LogP contribution in [0.1, 0.15) is 19.4 Å². The van der Waals surface area contributed by atoms with Gasteiger partial charge >= 0.3 is 0 Å². The van der Waals surface area contributed by atoms with E-state index in [4.69, 9.17) is 0 Å². The van der Waals surface area contributed by atoms with E-state index in [1.54, 1.807) is 0 Å². The Kier molecular flexibility index (Phi) is 3.53. The maximum Gasteiger partial charge on any atom is 0.127 e. The van der Waals surface area contributed by atoms with E-state index in [1.165, 1.54) is 5.56 Å². The molecule has 3 heteroatoms. The van der Waals surface area contributed by atoms with E-state index in [2.05, 4.69) is 46.9 Å². The summed E-state index contributed by atoms with van der Waals surface area (Å²) in [5, 5.41) is 0.947. The first-order valence-corrected chi connectivity index (χ1v) is 5.79. The highest BCUT2D eigenvalue weighted by Crippen LogP contribution is 2.25. The van der Waals surface area contributed by atoms with Crippen molar-refractivity contribution >= 4 is 21.7 Å². The van der Waals surface area contributed by atoms with Gasteiger partial charge in [-0.15, -0.1) is 0 Å². The zero-order chi connectivity index (χ0) is 10.8. The van der Waals surface area contributed by atoms with E-state index in [0.717, 1.165) is 11.1 Å².